The van der Waals surface area contributed by atoms with Crippen LogP contribution in [0.1, 0.15) is 5.56 Å². The summed E-state index contributed by atoms with van der Waals surface area (Å²) in [4.78, 5) is 10.8. The first-order chi connectivity index (χ1) is 8.37. The highest BCUT2D eigenvalue weighted by atomic mass is 19.4. The molecule has 1 aromatic rings. The molecule has 0 heterocycles. The number of carbonyl (C=O) groups excluding carboxylic acids is 1. The van der Waals surface area contributed by atoms with Crippen molar-refractivity contribution in [2.45, 2.75) is 12.6 Å². The lowest BCUT2D eigenvalue weighted by Gasteiger charge is -2.09. The largest absolute Gasteiger partial charge is 0.440 e. The topological polar surface area (TPSA) is 38.3 Å². The van der Waals surface area contributed by atoms with Crippen molar-refractivity contribution in [1.82, 2.24) is 5.32 Å². The van der Waals surface area contributed by atoms with Crippen LogP contribution in [0.2, 0.25) is 0 Å². The van der Waals surface area contributed by atoms with Gasteiger partial charge in [0.25, 0.3) is 0 Å². The molecule has 100 valence electrons. The summed E-state index contributed by atoms with van der Waals surface area (Å²) in [6.07, 6.45) is -5.29. The Morgan fingerprint density at radius 3 is 2.39 bits per heavy atom. The second kappa shape index (κ2) is 6.23. The molecule has 0 spiro atoms. The van der Waals surface area contributed by atoms with E-state index in [1.807, 2.05) is 0 Å². The minimum atomic E-state index is -4.53. The minimum Gasteiger partial charge on any atom is -0.440 e. The van der Waals surface area contributed by atoms with Gasteiger partial charge in [0.05, 0.1) is 0 Å². The third-order valence-corrected chi connectivity index (χ3v) is 1.96. The van der Waals surface area contributed by atoms with Crippen molar-refractivity contribution in [1.29, 1.82) is 0 Å². The van der Waals surface area contributed by atoms with Gasteiger partial charge in [-0.2, -0.15) is 13.2 Å². The van der Waals surface area contributed by atoms with Gasteiger partial charge in [-0.1, -0.05) is 12.1 Å². The smallest absolute Gasteiger partial charge is 0.422 e. The molecule has 0 atom stereocenters. The van der Waals surface area contributed by atoms with Gasteiger partial charge in [0.1, 0.15) is 5.82 Å². The van der Waals surface area contributed by atoms with E-state index in [4.69, 9.17) is 0 Å². The maximum absolute atomic E-state index is 12.6. The van der Waals surface area contributed by atoms with Gasteiger partial charge in [-0.05, 0) is 24.1 Å². The van der Waals surface area contributed by atoms with E-state index in [9.17, 15) is 22.4 Å². The fourth-order valence-corrected chi connectivity index (χ4v) is 1.16. The molecule has 7 heteroatoms. The molecule has 0 unspecified atom stereocenters. The third kappa shape index (κ3) is 6.07. The number of hydrogen-bond acceptors (Lipinski definition) is 2. The molecule has 1 amide bonds. The summed E-state index contributed by atoms with van der Waals surface area (Å²) in [5.74, 6) is -0.378. The lowest BCUT2D eigenvalue weighted by Crippen LogP contribution is -2.30. The molecule has 0 saturated heterocycles. The molecule has 3 nitrogen and oxygen atoms in total. The van der Waals surface area contributed by atoms with Crippen LogP contribution in [0.3, 0.4) is 0 Å². The standard InChI is InChI=1S/C11H11F4NO2/c12-9-3-1-8(2-4-9)5-6-16-10(17)18-7-11(13,14)15/h1-4H,5-7H2,(H,16,17). The number of hydrogen-bond donors (Lipinski definition) is 1. The van der Waals surface area contributed by atoms with Gasteiger partial charge >= 0.3 is 12.3 Å². The number of rotatable bonds is 4. The van der Waals surface area contributed by atoms with Crippen LogP contribution in [-0.2, 0) is 11.2 Å². The van der Waals surface area contributed by atoms with Gasteiger partial charge in [-0.15, -0.1) is 0 Å². The van der Waals surface area contributed by atoms with Crippen LogP contribution >= 0.6 is 0 Å². The highest BCUT2D eigenvalue weighted by Crippen LogP contribution is 2.14. The van der Waals surface area contributed by atoms with Crippen LogP contribution in [0.15, 0.2) is 24.3 Å². The quantitative estimate of drug-likeness (QED) is 0.850. The van der Waals surface area contributed by atoms with E-state index in [1.54, 1.807) is 0 Å². The molecule has 1 aromatic carbocycles. The first-order valence-electron chi connectivity index (χ1n) is 5.08. The Kier molecular flexibility index (Phi) is 4.94. The summed E-state index contributed by atoms with van der Waals surface area (Å²) in [5, 5.41) is 2.16. The Labute approximate surface area is 101 Å². The van der Waals surface area contributed by atoms with Crippen LogP contribution < -0.4 is 5.32 Å². The Bertz CT molecular complexity index is 389. The average molecular weight is 265 g/mol. The molecule has 0 radical (unpaired) electrons. The van der Waals surface area contributed by atoms with Crippen LogP contribution in [0.5, 0.6) is 0 Å². The summed E-state index contributed by atoms with van der Waals surface area (Å²) in [6.45, 7) is -1.50. The van der Waals surface area contributed by atoms with Gasteiger partial charge in [0.15, 0.2) is 6.61 Å². The Balaban J connectivity index is 2.21. The van der Waals surface area contributed by atoms with Crippen molar-refractivity contribution in [2.24, 2.45) is 0 Å². The van der Waals surface area contributed by atoms with Crippen LogP contribution in [0.4, 0.5) is 22.4 Å². The van der Waals surface area contributed by atoms with Crippen molar-refractivity contribution < 1.29 is 27.1 Å². The monoisotopic (exact) mass is 265 g/mol. The summed E-state index contributed by atoms with van der Waals surface area (Å²) < 4.78 is 51.6. The molecular weight excluding hydrogens is 254 g/mol. The molecule has 0 bridgehead atoms. The molecule has 0 aliphatic rings. The molecule has 0 aliphatic carbocycles. The highest BCUT2D eigenvalue weighted by molar-refractivity contribution is 5.67. The van der Waals surface area contributed by atoms with Crippen molar-refractivity contribution >= 4 is 6.09 Å². The van der Waals surface area contributed by atoms with E-state index in [1.165, 1.54) is 24.3 Å². The van der Waals surface area contributed by atoms with Crippen molar-refractivity contribution in [3.63, 3.8) is 0 Å². The molecule has 0 aromatic heterocycles. The number of amides is 1. The van der Waals surface area contributed by atoms with Crippen LogP contribution in [0.25, 0.3) is 0 Å². The van der Waals surface area contributed by atoms with Crippen molar-refractivity contribution in [2.75, 3.05) is 13.2 Å². The SMILES string of the molecule is O=C(NCCc1ccc(F)cc1)OCC(F)(F)F. The lowest BCUT2D eigenvalue weighted by molar-refractivity contribution is -0.160. The van der Waals surface area contributed by atoms with Gasteiger partial charge in [-0.25, -0.2) is 9.18 Å². The second-order valence-electron chi connectivity index (χ2n) is 3.49. The maximum Gasteiger partial charge on any atom is 0.422 e. The fourth-order valence-electron chi connectivity index (χ4n) is 1.16. The van der Waals surface area contributed by atoms with E-state index >= 15 is 0 Å². The van der Waals surface area contributed by atoms with E-state index in [0.29, 0.717) is 6.42 Å². The zero-order chi connectivity index (χ0) is 13.6. The number of ether oxygens (including phenoxy) is 1. The fraction of sp³-hybridized carbons (Fsp3) is 0.364. The number of alkyl halides is 3. The maximum atomic E-state index is 12.6. The van der Waals surface area contributed by atoms with E-state index < -0.39 is 18.9 Å². The second-order valence-corrected chi connectivity index (χ2v) is 3.49. The number of alkyl carbamates (subject to hydrolysis) is 1. The molecule has 0 saturated carbocycles. The number of halogens is 4. The predicted octanol–water partition coefficient (Wildman–Crippen LogP) is 2.66. The van der Waals surface area contributed by atoms with Crippen LogP contribution in [-0.4, -0.2) is 25.4 Å². The highest BCUT2D eigenvalue weighted by Gasteiger charge is 2.29. The first-order valence-corrected chi connectivity index (χ1v) is 5.08. The normalized spacial score (nSPS) is 11.1. The van der Waals surface area contributed by atoms with E-state index in [-0.39, 0.29) is 12.4 Å². The Morgan fingerprint density at radius 2 is 1.83 bits per heavy atom. The predicted molar refractivity (Wildman–Crippen MR) is 55.5 cm³/mol. The van der Waals surface area contributed by atoms with Crippen LogP contribution in [0, 0.1) is 5.82 Å². The zero-order valence-corrected chi connectivity index (χ0v) is 9.26. The van der Waals surface area contributed by atoms with E-state index in [0.717, 1.165) is 5.56 Å². The minimum absolute atomic E-state index is 0.113. The number of carbonyl (C=O) groups is 1. The van der Waals surface area contributed by atoms with Gasteiger partial charge in [0, 0.05) is 6.54 Å². The zero-order valence-electron chi connectivity index (χ0n) is 9.26. The summed E-state index contributed by atoms with van der Waals surface area (Å²) in [5.41, 5.74) is 0.757. The van der Waals surface area contributed by atoms with E-state index in [2.05, 4.69) is 10.1 Å². The molecule has 18 heavy (non-hydrogen) atoms. The van der Waals surface area contributed by atoms with Gasteiger partial charge in [-0.3, -0.25) is 0 Å². The Morgan fingerprint density at radius 1 is 1.22 bits per heavy atom. The molecular formula is C11H11F4NO2. The molecule has 1 N–H and O–H groups in total. The molecule has 1 rings (SSSR count). The average Bonchev–Trinajstić information content (AvgIpc) is 2.28. The number of nitrogens with one attached hydrogen (secondary N) is 1. The molecule has 0 aliphatic heterocycles. The Hall–Kier alpha value is -1.79. The van der Waals surface area contributed by atoms with Crippen molar-refractivity contribution in [3.05, 3.63) is 35.6 Å². The summed E-state index contributed by atoms with van der Waals surface area (Å²) in [6, 6.07) is 5.57. The summed E-state index contributed by atoms with van der Waals surface area (Å²) >= 11 is 0. The lowest BCUT2D eigenvalue weighted by atomic mass is 10.1. The third-order valence-electron chi connectivity index (χ3n) is 1.96. The van der Waals surface area contributed by atoms with Gasteiger partial charge < -0.3 is 10.1 Å². The number of benzene rings is 1. The van der Waals surface area contributed by atoms with Crippen molar-refractivity contribution in [3.8, 4) is 0 Å². The van der Waals surface area contributed by atoms with Gasteiger partial charge in [0.2, 0.25) is 0 Å². The first kappa shape index (κ1) is 14.3. The summed E-state index contributed by atoms with van der Waals surface area (Å²) in [7, 11) is 0. The molecule has 0 fully saturated rings.